The Morgan fingerprint density at radius 1 is 1.03 bits per heavy atom. The summed E-state index contributed by atoms with van der Waals surface area (Å²) in [5, 5.41) is 2.93. The number of hydrogen-bond acceptors (Lipinski definition) is 5. The van der Waals surface area contributed by atoms with Crippen molar-refractivity contribution in [1.29, 1.82) is 0 Å². The van der Waals surface area contributed by atoms with Crippen molar-refractivity contribution < 1.29 is 14.3 Å². The van der Waals surface area contributed by atoms with E-state index in [1.54, 1.807) is 23.4 Å². The summed E-state index contributed by atoms with van der Waals surface area (Å²) in [6.07, 6.45) is 4.40. The van der Waals surface area contributed by atoms with Gasteiger partial charge in [-0.3, -0.25) is 9.59 Å². The number of amides is 2. The van der Waals surface area contributed by atoms with Gasteiger partial charge in [-0.2, -0.15) is 0 Å². The molecule has 7 nitrogen and oxygen atoms in total. The zero-order valence-electron chi connectivity index (χ0n) is 17.6. The molecule has 3 aromatic rings. The van der Waals surface area contributed by atoms with E-state index in [9.17, 15) is 9.59 Å². The average Bonchev–Trinajstić information content (AvgIpc) is 3.42. The fourth-order valence-corrected chi connectivity index (χ4v) is 4.40. The monoisotopic (exact) mass is 428 g/mol. The Morgan fingerprint density at radius 3 is 2.66 bits per heavy atom. The van der Waals surface area contributed by atoms with Crippen molar-refractivity contribution in [3.05, 3.63) is 78.1 Å². The highest BCUT2D eigenvalue weighted by molar-refractivity contribution is 5.86. The summed E-state index contributed by atoms with van der Waals surface area (Å²) in [5.41, 5.74) is 3.07. The minimum Gasteiger partial charge on any atom is -0.487 e. The molecular formula is C25H24N4O3. The average molecular weight is 428 g/mol. The Balaban J connectivity index is 1.15. The minimum atomic E-state index is -0.168. The zero-order chi connectivity index (χ0) is 21.9. The third-order valence-corrected chi connectivity index (χ3v) is 5.98. The Labute approximate surface area is 186 Å². The molecule has 2 aliphatic rings. The van der Waals surface area contributed by atoms with E-state index in [2.05, 4.69) is 15.3 Å². The van der Waals surface area contributed by atoms with Crippen molar-refractivity contribution >= 4 is 11.8 Å². The highest BCUT2D eigenvalue weighted by Gasteiger charge is 2.32. The first-order chi connectivity index (χ1) is 15.7. The molecule has 3 heterocycles. The number of aromatic nitrogens is 2. The van der Waals surface area contributed by atoms with Crippen molar-refractivity contribution in [2.75, 3.05) is 19.6 Å². The molecule has 1 N–H and O–H groups in total. The number of likely N-dealkylation sites (tertiary alicyclic amines) is 1. The molecule has 0 bridgehead atoms. The number of carbonyl (C=O) groups excluding carboxylic acids is 2. The van der Waals surface area contributed by atoms with Crippen LogP contribution in [0.5, 0.6) is 5.75 Å². The SMILES string of the molecule is O=C(CN1C[C@H](c2ccccc2)CC1=O)NC[C@H]1Cc2cccc(-c3ncccn3)c2O1. The summed E-state index contributed by atoms with van der Waals surface area (Å²) in [6.45, 7) is 1.03. The largest absolute Gasteiger partial charge is 0.487 e. The van der Waals surface area contributed by atoms with Crippen LogP contribution in [0, 0.1) is 0 Å². The number of nitrogens with zero attached hydrogens (tertiary/aromatic N) is 3. The Morgan fingerprint density at radius 2 is 1.84 bits per heavy atom. The number of hydrogen-bond donors (Lipinski definition) is 1. The van der Waals surface area contributed by atoms with E-state index >= 15 is 0 Å². The molecule has 0 spiro atoms. The van der Waals surface area contributed by atoms with E-state index < -0.39 is 0 Å². The lowest BCUT2D eigenvalue weighted by Gasteiger charge is -2.18. The van der Waals surface area contributed by atoms with Gasteiger partial charge < -0.3 is 15.0 Å². The highest BCUT2D eigenvalue weighted by Crippen LogP contribution is 2.37. The van der Waals surface area contributed by atoms with Gasteiger partial charge in [0.25, 0.3) is 0 Å². The molecule has 5 rings (SSSR count). The number of fused-ring (bicyclic) bond motifs is 1. The molecule has 7 heteroatoms. The quantitative estimate of drug-likeness (QED) is 0.652. The molecule has 0 aliphatic carbocycles. The van der Waals surface area contributed by atoms with Crippen LogP contribution in [0.2, 0.25) is 0 Å². The fourth-order valence-electron chi connectivity index (χ4n) is 4.40. The van der Waals surface area contributed by atoms with Gasteiger partial charge in [0.2, 0.25) is 11.8 Å². The van der Waals surface area contributed by atoms with Crippen LogP contribution in [-0.2, 0) is 16.0 Å². The zero-order valence-corrected chi connectivity index (χ0v) is 17.6. The molecule has 2 amide bonds. The van der Waals surface area contributed by atoms with Gasteiger partial charge in [-0.15, -0.1) is 0 Å². The van der Waals surface area contributed by atoms with Gasteiger partial charge in [-0.1, -0.05) is 42.5 Å². The third-order valence-electron chi connectivity index (χ3n) is 5.98. The van der Waals surface area contributed by atoms with Gasteiger partial charge >= 0.3 is 0 Å². The van der Waals surface area contributed by atoms with Crippen LogP contribution in [-0.4, -0.2) is 52.4 Å². The minimum absolute atomic E-state index is 0.0195. The highest BCUT2D eigenvalue weighted by atomic mass is 16.5. The van der Waals surface area contributed by atoms with Crippen LogP contribution >= 0.6 is 0 Å². The maximum absolute atomic E-state index is 12.5. The van der Waals surface area contributed by atoms with E-state index in [0.717, 1.165) is 22.4 Å². The Kier molecular flexibility index (Phi) is 5.54. The van der Waals surface area contributed by atoms with Gasteiger partial charge in [0.05, 0.1) is 18.7 Å². The molecule has 0 unspecified atom stereocenters. The Bertz CT molecular complexity index is 1120. The van der Waals surface area contributed by atoms with Crippen molar-refractivity contribution in [1.82, 2.24) is 20.2 Å². The summed E-state index contributed by atoms with van der Waals surface area (Å²) in [4.78, 5) is 35.2. The number of ether oxygens (including phenoxy) is 1. The van der Waals surface area contributed by atoms with Crippen LogP contribution in [0.4, 0.5) is 0 Å². The van der Waals surface area contributed by atoms with Crippen LogP contribution in [0.15, 0.2) is 67.0 Å². The molecule has 2 aliphatic heterocycles. The summed E-state index contributed by atoms with van der Waals surface area (Å²) in [5.74, 6) is 1.39. The lowest BCUT2D eigenvalue weighted by molar-refractivity contribution is -0.133. The summed E-state index contributed by atoms with van der Waals surface area (Å²) in [7, 11) is 0. The lowest BCUT2D eigenvalue weighted by atomic mass is 9.99. The van der Waals surface area contributed by atoms with E-state index in [0.29, 0.717) is 31.8 Å². The van der Waals surface area contributed by atoms with Crippen molar-refractivity contribution in [2.45, 2.75) is 24.9 Å². The smallest absolute Gasteiger partial charge is 0.239 e. The van der Waals surface area contributed by atoms with Crippen molar-refractivity contribution in [2.24, 2.45) is 0 Å². The second-order valence-corrected chi connectivity index (χ2v) is 8.20. The first kappa shape index (κ1) is 20.2. The standard InChI is InChI=1S/C25H24N4O3/c30-22(16-29-15-19(13-23(29)31)17-6-2-1-3-7-17)28-14-20-12-18-8-4-9-21(24(18)32-20)25-26-10-5-11-27-25/h1-11,19-20H,12-16H2,(H,28,30)/t19-,20-/m1/s1. The van der Waals surface area contributed by atoms with Gasteiger partial charge in [-0.25, -0.2) is 9.97 Å². The number of carbonyl (C=O) groups is 2. The van der Waals surface area contributed by atoms with E-state index in [-0.39, 0.29) is 30.4 Å². The van der Waals surface area contributed by atoms with Crippen molar-refractivity contribution in [3.63, 3.8) is 0 Å². The van der Waals surface area contributed by atoms with Gasteiger partial charge in [0.15, 0.2) is 5.82 Å². The third kappa shape index (κ3) is 4.19. The second kappa shape index (κ2) is 8.78. The summed E-state index contributed by atoms with van der Waals surface area (Å²) in [6, 6.07) is 17.7. The molecule has 1 fully saturated rings. The van der Waals surface area contributed by atoms with Crippen LogP contribution in [0.25, 0.3) is 11.4 Å². The maximum atomic E-state index is 12.5. The van der Waals surface area contributed by atoms with Crippen LogP contribution in [0.3, 0.4) is 0 Å². The summed E-state index contributed by atoms with van der Waals surface area (Å²) < 4.78 is 6.13. The molecule has 162 valence electrons. The molecule has 2 atom stereocenters. The van der Waals surface area contributed by atoms with E-state index in [1.165, 1.54) is 0 Å². The summed E-state index contributed by atoms with van der Waals surface area (Å²) >= 11 is 0. The normalized spacial score (nSPS) is 19.5. The van der Waals surface area contributed by atoms with Crippen molar-refractivity contribution in [3.8, 4) is 17.1 Å². The van der Waals surface area contributed by atoms with Crippen LogP contribution in [0.1, 0.15) is 23.5 Å². The maximum Gasteiger partial charge on any atom is 0.239 e. The van der Waals surface area contributed by atoms with Gasteiger partial charge in [0.1, 0.15) is 11.9 Å². The van der Waals surface area contributed by atoms with E-state index in [4.69, 9.17) is 4.74 Å². The number of rotatable bonds is 6. The van der Waals surface area contributed by atoms with Gasteiger partial charge in [0, 0.05) is 37.7 Å². The molecule has 32 heavy (non-hydrogen) atoms. The number of para-hydroxylation sites is 1. The first-order valence-electron chi connectivity index (χ1n) is 10.8. The molecule has 0 radical (unpaired) electrons. The number of nitrogens with one attached hydrogen (secondary N) is 1. The second-order valence-electron chi connectivity index (χ2n) is 8.20. The molecule has 1 aromatic heterocycles. The fraction of sp³-hybridized carbons (Fsp3) is 0.280. The van der Waals surface area contributed by atoms with Gasteiger partial charge in [-0.05, 0) is 23.3 Å². The number of benzene rings is 2. The first-order valence-corrected chi connectivity index (χ1v) is 10.8. The van der Waals surface area contributed by atoms with E-state index in [1.807, 2.05) is 48.5 Å². The molecular weight excluding hydrogens is 404 g/mol. The predicted octanol–water partition coefficient (Wildman–Crippen LogP) is 2.58. The lowest BCUT2D eigenvalue weighted by Crippen LogP contribution is -2.41. The molecule has 0 saturated carbocycles. The predicted molar refractivity (Wildman–Crippen MR) is 119 cm³/mol. The molecule has 2 aromatic carbocycles. The Hall–Kier alpha value is -3.74. The van der Waals surface area contributed by atoms with Crippen LogP contribution < -0.4 is 10.1 Å². The topological polar surface area (TPSA) is 84.4 Å². The molecule has 1 saturated heterocycles.